The van der Waals surface area contributed by atoms with Crippen LogP contribution >= 0.6 is 0 Å². The number of aromatic nitrogens is 1. The Morgan fingerprint density at radius 2 is 2.07 bits per heavy atom. The van der Waals surface area contributed by atoms with E-state index in [1.165, 1.54) is 0 Å². The maximum Gasteiger partial charge on any atom is 0.341 e. The van der Waals surface area contributed by atoms with Crippen LogP contribution in [0.3, 0.4) is 0 Å². The SMILES string of the molecule is CCOC(=O)c1cnc2c(C)cc(C)cc2c1NCCCN1CCNCC1. The Morgan fingerprint density at radius 3 is 2.81 bits per heavy atom. The van der Waals surface area contributed by atoms with Gasteiger partial charge in [-0.25, -0.2) is 4.79 Å². The number of anilines is 1. The first-order valence-corrected chi connectivity index (χ1v) is 9.84. The number of aryl methyl sites for hydroxylation is 2. The van der Waals surface area contributed by atoms with Gasteiger partial charge in [-0.3, -0.25) is 4.98 Å². The van der Waals surface area contributed by atoms with E-state index in [0.29, 0.717) is 12.2 Å². The molecule has 1 aliphatic heterocycles. The van der Waals surface area contributed by atoms with Gasteiger partial charge in [-0.05, 0) is 45.4 Å². The van der Waals surface area contributed by atoms with Crippen molar-refractivity contribution in [2.24, 2.45) is 0 Å². The smallest absolute Gasteiger partial charge is 0.341 e. The Bertz CT molecular complexity index is 800. The second kappa shape index (κ2) is 9.15. The first kappa shape index (κ1) is 19.6. The van der Waals surface area contributed by atoms with Crippen LogP contribution in [-0.2, 0) is 4.74 Å². The van der Waals surface area contributed by atoms with Crippen LogP contribution in [0.4, 0.5) is 5.69 Å². The van der Waals surface area contributed by atoms with Crippen LogP contribution in [0.1, 0.15) is 34.8 Å². The van der Waals surface area contributed by atoms with Crippen molar-refractivity contribution in [1.29, 1.82) is 0 Å². The molecule has 2 heterocycles. The molecule has 146 valence electrons. The predicted molar refractivity (Wildman–Crippen MR) is 110 cm³/mol. The lowest BCUT2D eigenvalue weighted by molar-refractivity contribution is 0.0527. The second-order valence-corrected chi connectivity index (χ2v) is 7.12. The van der Waals surface area contributed by atoms with Gasteiger partial charge in [0.15, 0.2) is 0 Å². The molecule has 2 N–H and O–H groups in total. The summed E-state index contributed by atoms with van der Waals surface area (Å²) in [5, 5.41) is 7.87. The molecule has 2 aromatic rings. The van der Waals surface area contributed by atoms with Gasteiger partial charge in [0.25, 0.3) is 0 Å². The topological polar surface area (TPSA) is 66.5 Å². The summed E-state index contributed by atoms with van der Waals surface area (Å²) >= 11 is 0. The van der Waals surface area contributed by atoms with E-state index in [9.17, 15) is 4.79 Å². The molecule has 0 radical (unpaired) electrons. The zero-order valence-corrected chi connectivity index (χ0v) is 16.6. The molecule has 0 bridgehead atoms. The Morgan fingerprint density at radius 1 is 1.30 bits per heavy atom. The average Bonchev–Trinajstić information content (AvgIpc) is 2.66. The normalized spacial score (nSPS) is 15.1. The number of rotatable bonds is 7. The molecule has 3 rings (SSSR count). The summed E-state index contributed by atoms with van der Waals surface area (Å²) in [6, 6.07) is 4.21. The number of esters is 1. The standard InChI is InChI=1S/C21H30N4O2/c1-4-27-21(26)18-14-24-19-16(3)12-15(2)13-17(19)20(18)23-6-5-9-25-10-7-22-8-11-25/h12-14,22H,4-11H2,1-3H3,(H,23,24). The van der Waals surface area contributed by atoms with E-state index >= 15 is 0 Å². The number of benzene rings is 1. The maximum atomic E-state index is 12.4. The summed E-state index contributed by atoms with van der Waals surface area (Å²) in [6.07, 6.45) is 2.66. The molecule has 1 fully saturated rings. The molecule has 0 aliphatic carbocycles. The Balaban J connectivity index is 1.81. The van der Waals surface area contributed by atoms with Gasteiger partial charge in [-0.15, -0.1) is 0 Å². The van der Waals surface area contributed by atoms with Crippen molar-refractivity contribution in [3.63, 3.8) is 0 Å². The van der Waals surface area contributed by atoms with Crippen molar-refractivity contribution in [3.05, 3.63) is 35.0 Å². The fraction of sp³-hybridized carbons (Fsp3) is 0.524. The van der Waals surface area contributed by atoms with E-state index in [1.807, 2.05) is 6.92 Å². The van der Waals surface area contributed by atoms with Crippen LogP contribution in [0.15, 0.2) is 18.3 Å². The summed E-state index contributed by atoms with van der Waals surface area (Å²) in [5.74, 6) is -0.323. The van der Waals surface area contributed by atoms with Crippen LogP contribution in [0.2, 0.25) is 0 Å². The van der Waals surface area contributed by atoms with Crippen molar-refractivity contribution < 1.29 is 9.53 Å². The lowest BCUT2D eigenvalue weighted by Gasteiger charge is -2.27. The summed E-state index contributed by atoms with van der Waals surface area (Å²) < 4.78 is 5.25. The van der Waals surface area contributed by atoms with Crippen LogP contribution in [-0.4, -0.2) is 61.7 Å². The molecular weight excluding hydrogens is 340 g/mol. The van der Waals surface area contributed by atoms with Crippen molar-refractivity contribution >= 4 is 22.6 Å². The van der Waals surface area contributed by atoms with Gasteiger partial charge in [0.05, 0.1) is 17.8 Å². The van der Waals surface area contributed by atoms with E-state index in [2.05, 4.69) is 46.5 Å². The number of fused-ring (bicyclic) bond motifs is 1. The molecule has 0 spiro atoms. The number of piperazine rings is 1. The Labute approximate surface area is 161 Å². The monoisotopic (exact) mass is 370 g/mol. The summed E-state index contributed by atoms with van der Waals surface area (Å²) in [6.45, 7) is 12.5. The zero-order chi connectivity index (χ0) is 19.2. The van der Waals surface area contributed by atoms with Crippen LogP contribution in [0.5, 0.6) is 0 Å². The number of nitrogens with zero attached hydrogens (tertiary/aromatic N) is 2. The number of carbonyl (C=O) groups is 1. The predicted octanol–water partition coefficient (Wildman–Crippen LogP) is 2.74. The van der Waals surface area contributed by atoms with Crippen LogP contribution in [0.25, 0.3) is 10.9 Å². The third kappa shape index (κ3) is 4.76. The summed E-state index contributed by atoms with van der Waals surface area (Å²) in [7, 11) is 0. The highest BCUT2D eigenvalue weighted by Gasteiger charge is 2.18. The molecule has 1 saturated heterocycles. The number of ether oxygens (including phenoxy) is 1. The molecular formula is C21H30N4O2. The van der Waals surface area contributed by atoms with E-state index in [4.69, 9.17) is 4.74 Å². The molecule has 6 heteroatoms. The van der Waals surface area contributed by atoms with Crippen LogP contribution in [0, 0.1) is 13.8 Å². The van der Waals surface area contributed by atoms with Gasteiger partial charge < -0.3 is 20.3 Å². The fourth-order valence-corrected chi connectivity index (χ4v) is 3.67. The van der Waals surface area contributed by atoms with E-state index in [0.717, 1.165) is 73.4 Å². The van der Waals surface area contributed by atoms with E-state index in [-0.39, 0.29) is 5.97 Å². The number of carbonyl (C=O) groups excluding carboxylic acids is 1. The lowest BCUT2D eigenvalue weighted by atomic mass is 10.0. The minimum absolute atomic E-state index is 0.323. The highest BCUT2D eigenvalue weighted by atomic mass is 16.5. The molecule has 0 atom stereocenters. The van der Waals surface area contributed by atoms with Gasteiger partial charge in [0.1, 0.15) is 5.56 Å². The van der Waals surface area contributed by atoms with Gasteiger partial charge in [-0.2, -0.15) is 0 Å². The Kier molecular flexibility index (Phi) is 6.63. The first-order chi connectivity index (χ1) is 13.1. The summed E-state index contributed by atoms with van der Waals surface area (Å²) in [5.41, 5.74) is 4.55. The van der Waals surface area contributed by atoms with E-state index < -0.39 is 0 Å². The van der Waals surface area contributed by atoms with Gasteiger partial charge in [-0.1, -0.05) is 11.6 Å². The Hall–Kier alpha value is -2.18. The molecule has 0 amide bonds. The van der Waals surface area contributed by atoms with Gasteiger partial charge in [0.2, 0.25) is 0 Å². The lowest BCUT2D eigenvalue weighted by Crippen LogP contribution is -2.44. The van der Waals surface area contributed by atoms with Crippen molar-refractivity contribution in [2.45, 2.75) is 27.2 Å². The largest absolute Gasteiger partial charge is 0.462 e. The third-order valence-electron chi connectivity index (χ3n) is 4.96. The number of pyridine rings is 1. The third-order valence-corrected chi connectivity index (χ3v) is 4.96. The quantitative estimate of drug-likeness (QED) is 0.577. The molecule has 6 nitrogen and oxygen atoms in total. The van der Waals surface area contributed by atoms with Gasteiger partial charge in [0, 0.05) is 44.3 Å². The minimum Gasteiger partial charge on any atom is -0.462 e. The van der Waals surface area contributed by atoms with Gasteiger partial charge >= 0.3 is 5.97 Å². The second-order valence-electron chi connectivity index (χ2n) is 7.12. The van der Waals surface area contributed by atoms with Crippen molar-refractivity contribution in [1.82, 2.24) is 15.2 Å². The molecule has 1 aliphatic rings. The fourth-order valence-electron chi connectivity index (χ4n) is 3.67. The maximum absolute atomic E-state index is 12.4. The molecule has 27 heavy (non-hydrogen) atoms. The highest BCUT2D eigenvalue weighted by Crippen LogP contribution is 2.29. The number of hydrogen-bond acceptors (Lipinski definition) is 6. The highest BCUT2D eigenvalue weighted by molar-refractivity contribution is 6.05. The van der Waals surface area contributed by atoms with Crippen LogP contribution < -0.4 is 10.6 Å². The zero-order valence-electron chi connectivity index (χ0n) is 16.6. The number of nitrogens with one attached hydrogen (secondary N) is 2. The average molecular weight is 370 g/mol. The molecule has 1 aromatic heterocycles. The van der Waals surface area contributed by atoms with E-state index in [1.54, 1.807) is 6.20 Å². The summed E-state index contributed by atoms with van der Waals surface area (Å²) in [4.78, 5) is 19.4. The number of hydrogen-bond donors (Lipinski definition) is 2. The molecule has 0 unspecified atom stereocenters. The van der Waals surface area contributed by atoms with Crippen molar-refractivity contribution in [2.75, 3.05) is 51.2 Å². The van der Waals surface area contributed by atoms with Crippen molar-refractivity contribution in [3.8, 4) is 0 Å². The molecule has 0 saturated carbocycles. The molecule has 1 aromatic carbocycles. The minimum atomic E-state index is -0.323. The first-order valence-electron chi connectivity index (χ1n) is 9.84.